The fourth-order valence-corrected chi connectivity index (χ4v) is 2.02. The monoisotopic (exact) mass is 298 g/mol. The normalized spacial score (nSPS) is 11.5. The molecule has 0 radical (unpaired) electrons. The van der Waals surface area contributed by atoms with Gasteiger partial charge in [0.1, 0.15) is 11.5 Å². The Morgan fingerprint density at radius 1 is 1.14 bits per heavy atom. The van der Waals surface area contributed by atoms with E-state index in [-0.39, 0.29) is 17.4 Å². The van der Waals surface area contributed by atoms with Gasteiger partial charge in [0.25, 0.3) is 0 Å². The first-order valence-corrected chi connectivity index (χ1v) is 6.97. The number of phenolic OH excluding ortho intramolecular Hbond substituents is 1. The maximum atomic E-state index is 11.5. The van der Waals surface area contributed by atoms with E-state index in [1.807, 2.05) is 13.8 Å². The first kappa shape index (κ1) is 15.6. The van der Waals surface area contributed by atoms with Crippen LogP contribution in [0.1, 0.15) is 25.0 Å². The number of aromatic hydroxyl groups is 1. The molecule has 2 rings (SSSR count). The van der Waals surface area contributed by atoms with Gasteiger partial charge in [0.2, 0.25) is 0 Å². The number of rotatable bonds is 5. The van der Waals surface area contributed by atoms with Crippen LogP contribution in [0.4, 0.5) is 0 Å². The smallest absolute Gasteiger partial charge is 0.336 e. The van der Waals surface area contributed by atoms with Crippen LogP contribution in [-0.4, -0.2) is 22.3 Å². The number of hydrogen-bond acceptors (Lipinski definition) is 3. The second kappa shape index (κ2) is 6.80. The van der Waals surface area contributed by atoms with Crippen molar-refractivity contribution in [2.75, 3.05) is 0 Å². The Morgan fingerprint density at radius 3 is 2.36 bits per heavy atom. The lowest BCUT2D eigenvalue weighted by Crippen LogP contribution is -2.05. The quantitative estimate of drug-likeness (QED) is 0.651. The highest BCUT2D eigenvalue weighted by atomic mass is 16.5. The Morgan fingerprint density at radius 2 is 1.82 bits per heavy atom. The summed E-state index contributed by atoms with van der Waals surface area (Å²) in [5.74, 6) is -0.278. The lowest BCUT2D eigenvalue weighted by Gasteiger charge is -2.09. The number of carboxylic acid groups (broad SMARTS) is 1. The molecule has 2 aromatic rings. The summed E-state index contributed by atoms with van der Waals surface area (Å²) in [5, 5.41) is 18.9. The van der Waals surface area contributed by atoms with Crippen molar-refractivity contribution in [3.05, 3.63) is 59.7 Å². The van der Waals surface area contributed by atoms with Crippen molar-refractivity contribution >= 4 is 17.6 Å². The second-order valence-electron chi connectivity index (χ2n) is 5.15. The predicted octanol–water partition coefficient (Wildman–Crippen LogP) is 3.80. The molecule has 0 unspecified atom stereocenters. The molecule has 22 heavy (non-hydrogen) atoms. The summed E-state index contributed by atoms with van der Waals surface area (Å²) in [7, 11) is 0. The largest absolute Gasteiger partial charge is 0.508 e. The van der Waals surface area contributed by atoms with Gasteiger partial charge in [-0.15, -0.1) is 0 Å². The van der Waals surface area contributed by atoms with E-state index < -0.39 is 5.97 Å². The van der Waals surface area contributed by atoms with Crippen LogP contribution in [0.2, 0.25) is 0 Å². The van der Waals surface area contributed by atoms with E-state index in [1.54, 1.807) is 42.5 Å². The van der Waals surface area contributed by atoms with Crippen LogP contribution < -0.4 is 4.74 Å². The fraction of sp³-hybridized carbons (Fsp3) is 0.167. The maximum absolute atomic E-state index is 11.5. The van der Waals surface area contributed by atoms with Crippen LogP contribution in [0.5, 0.6) is 11.5 Å². The van der Waals surface area contributed by atoms with Crippen molar-refractivity contribution in [3.63, 3.8) is 0 Å². The van der Waals surface area contributed by atoms with Crippen molar-refractivity contribution in [2.45, 2.75) is 20.0 Å². The Bertz CT molecular complexity index is 684. The molecule has 0 heterocycles. The summed E-state index contributed by atoms with van der Waals surface area (Å²) in [6, 6.07) is 13.4. The van der Waals surface area contributed by atoms with E-state index in [4.69, 9.17) is 4.74 Å². The van der Waals surface area contributed by atoms with Gasteiger partial charge in [0, 0.05) is 0 Å². The summed E-state index contributed by atoms with van der Waals surface area (Å²) >= 11 is 0. The Labute approximate surface area is 129 Å². The van der Waals surface area contributed by atoms with E-state index in [9.17, 15) is 15.0 Å². The van der Waals surface area contributed by atoms with Gasteiger partial charge < -0.3 is 14.9 Å². The molecule has 2 N–H and O–H groups in total. The van der Waals surface area contributed by atoms with Gasteiger partial charge in [0.05, 0.1) is 11.7 Å². The Balaban J connectivity index is 2.32. The lowest BCUT2D eigenvalue weighted by atomic mass is 10.0. The van der Waals surface area contributed by atoms with E-state index >= 15 is 0 Å². The minimum atomic E-state index is -1.05. The third-order valence-electron chi connectivity index (χ3n) is 2.95. The van der Waals surface area contributed by atoms with Gasteiger partial charge in [-0.3, -0.25) is 0 Å². The summed E-state index contributed by atoms with van der Waals surface area (Å²) in [4.78, 5) is 11.5. The number of aliphatic carboxylic acids is 1. The summed E-state index contributed by atoms with van der Waals surface area (Å²) in [5.41, 5.74) is 1.32. The molecular formula is C18H18O4. The Kier molecular flexibility index (Phi) is 4.84. The number of benzene rings is 2. The molecule has 0 aromatic heterocycles. The maximum Gasteiger partial charge on any atom is 0.336 e. The molecule has 0 fully saturated rings. The molecule has 0 aliphatic carbocycles. The molecule has 2 aromatic carbocycles. The van der Waals surface area contributed by atoms with Crippen molar-refractivity contribution < 1.29 is 19.7 Å². The topological polar surface area (TPSA) is 66.8 Å². The minimum Gasteiger partial charge on any atom is -0.508 e. The van der Waals surface area contributed by atoms with E-state index in [0.29, 0.717) is 5.56 Å². The third-order valence-corrected chi connectivity index (χ3v) is 2.95. The number of ether oxygens (including phenoxy) is 1. The zero-order chi connectivity index (χ0) is 16.1. The number of hydrogen-bond donors (Lipinski definition) is 2. The molecule has 4 nitrogen and oxygen atoms in total. The standard InChI is InChI=1S/C18H18O4/c1-12(2)22-16-8-6-13(7-9-16)10-17(18(20)21)14-4-3-5-15(19)11-14/h3-12,19H,1-2H3,(H,20,21)/b17-10-. The van der Waals surface area contributed by atoms with Crippen LogP contribution in [0.25, 0.3) is 11.6 Å². The second-order valence-corrected chi connectivity index (χ2v) is 5.15. The van der Waals surface area contributed by atoms with Crippen LogP contribution in [0.3, 0.4) is 0 Å². The number of phenols is 1. The molecular weight excluding hydrogens is 280 g/mol. The molecule has 0 saturated carbocycles. The van der Waals surface area contributed by atoms with Gasteiger partial charge in [-0.2, -0.15) is 0 Å². The molecule has 0 aliphatic rings. The first-order chi connectivity index (χ1) is 10.5. The van der Waals surface area contributed by atoms with Crippen LogP contribution in [0, 0.1) is 0 Å². The van der Waals surface area contributed by atoms with Crippen LogP contribution in [0.15, 0.2) is 48.5 Å². The number of carbonyl (C=O) groups is 1. The van der Waals surface area contributed by atoms with Gasteiger partial charge in [0.15, 0.2) is 0 Å². The molecule has 0 spiro atoms. The van der Waals surface area contributed by atoms with Crippen LogP contribution >= 0.6 is 0 Å². The first-order valence-electron chi connectivity index (χ1n) is 6.97. The molecule has 0 aliphatic heterocycles. The van der Waals surface area contributed by atoms with E-state index in [1.165, 1.54) is 12.1 Å². The van der Waals surface area contributed by atoms with Crippen molar-refractivity contribution in [3.8, 4) is 11.5 Å². The van der Waals surface area contributed by atoms with E-state index in [0.717, 1.165) is 11.3 Å². The van der Waals surface area contributed by atoms with Gasteiger partial charge in [-0.25, -0.2) is 4.79 Å². The summed E-state index contributed by atoms with van der Waals surface area (Å²) in [6.45, 7) is 3.89. The van der Waals surface area contributed by atoms with Crippen LogP contribution in [-0.2, 0) is 4.79 Å². The highest BCUT2D eigenvalue weighted by molar-refractivity contribution is 6.20. The highest BCUT2D eigenvalue weighted by Gasteiger charge is 2.11. The SMILES string of the molecule is CC(C)Oc1ccc(/C=C(\C(=O)O)c2cccc(O)c2)cc1. The van der Waals surface area contributed by atoms with E-state index in [2.05, 4.69) is 0 Å². The molecule has 4 heteroatoms. The zero-order valence-electron chi connectivity index (χ0n) is 12.5. The Hall–Kier alpha value is -2.75. The summed E-state index contributed by atoms with van der Waals surface area (Å²) < 4.78 is 5.55. The number of carboxylic acids is 1. The molecule has 114 valence electrons. The third kappa shape index (κ3) is 4.12. The fourth-order valence-electron chi connectivity index (χ4n) is 2.02. The van der Waals surface area contributed by atoms with Gasteiger partial charge in [-0.1, -0.05) is 24.3 Å². The predicted molar refractivity (Wildman–Crippen MR) is 85.8 cm³/mol. The zero-order valence-corrected chi connectivity index (χ0v) is 12.5. The molecule has 0 saturated heterocycles. The van der Waals surface area contributed by atoms with Gasteiger partial charge in [-0.05, 0) is 55.3 Å². The van der Waals surface area contributed by atoms with Gasteiger partial charge >= 0.3 is 5.97 Å². The average Bonchev–Trinajstić information content (AvgIpc) is 2.45. The summed E-state index contributed by atoms with van der Waals surface area (Å²) in [6.07, 6.45) is 1.65. The average molecular weight is 298 g/mol. The molecule has 0 atom stereocenters. The minimum absolute atomic E-state index is 0.0327. The van der Waals surface area contributed by atoms with Crippen molar-refractivity contribution in [1.82, 2.24) is 0 Å². The lowest BCUT2D eigenvalue weighted by molar-refractivity contribution is -0.130. The van der Waals surface area contributed by atoms with Crippen molar-refractivity contribution in [1.29, 1.82) is 0 Å². The molecule has 0 amide bonds. The highest BCUT2D eigenvalue weighted by Crippen LogP contribution is 2.23. The molecule has 0 bridgehead atoms. The van der Waals surface area contributed by atoms with Crippen molar-refractivity contribution in [2.24, 2.45) is 0 Å².